The van der Waals surface area contributed by atoms with E-state index in [1.807, 2.05) is 24.3 Å². The first-order chi connectivity index (χ1) is 13.4. The molecule has 1 atom stereocenters. The SMILES string of the molecule is Cc1c(C(=O)O)sc2ncn(C(C)C(=O)Nc3nc4ccccc4s3)c(=O)c12. The number of carboxylic acid groups (broad SMARTS) is 1. The zero-order chi connectivity index (χ0) is 20.0. The monoisotopic (exact) mass is 414 g/mol. The van der Waals surface area contributed by atoms with Gasteiger partial charge < -0.3 is 10.4 Å². The number of aromatic nitrogens is 3. The quantitative estimate of drug-likeness (QED) is 0.530. The van der Waals surface area contributed by atoms with Crippen molar-refractivity contribution in [3.05, 3.63) is 51.4 Å². The molecule has 0 bridgehead atoms. The minimum absolute atomic E-state index is 0.0731. The van der Waals surface area contributed by atoms with Crippen LogP contribution in [0.4, 0.5) is 5.13 Å². The normalized spacial score (nSPS) is 12.4. The van der Waals surface area contributed by atoms with Gasteiger partial charge in [-0.3, -0.25) is 14.2 Å². The second-order valence-electron chi connectivity index (χ2n) is 6.15. The van der Waals surface area contributed by atoms with Crippen LogP contribution in [0, 0.1) is 6.92 Å². The van der Waals surface area contributed by atoms with Gasteiger partial charge in [-0.05, 0) is 31.5 Å². The van der Waals surface area contributed by atoms with Gasteiger partial charge in [0.15, 0.2) is 5.13 Å². The smallest absolute Gasteiger partial charge is 0.346 e. The van der Waals surface area contributed by atoms with Crippen molar-refractivity contribution in [1.82, 2.24) is 14.5 Å². The molecule has 4 rings (SSSR count). The summed E-state index contributed by atoms with van der Waals surface area (Å²) in [4.78, 5) is 45.8. The molecule has 1 aromatic carbocycles. The lowest BCUT2D eigenvalue weighted by Gasteiger charge is -2.13. The van der Waals surface area contributed by atoms with Gasteiger partial charge in [-0.2, -0.15) is 0 Å². The molecular formula is C18H14N4O4S2. The topological polar surface area (TPSA) is 114 Å². The number of carboxylic acids is 1. The molecule has 10 heteroatoms. The minimum Gasteiger partial charge on any atom is -0.477 e. The van der Waals surface area contributed by atoms with Gasteiger partial charge in [-0.25, -0.2) is 14.8 Å². The van der Waals surface area contributed by atoms with Crippen molar-refractivity contribution in [3.63, 3.8) is 0 Å². The molecule has 28 heavy (non-hydrogen) atoms. The Balaban J connectivity index is 1.67. The molecule has 3 heterocycles. The Morgan fingerprint density at radius 1 is 1.25 bits per heavy atom. The number of nitrogens with one attached hydrogen (secondary N) is 1. The highest BCUT2D eigenvalue weighted by atomic mass is 32.1. The number of thiophene rings is 1. The first-order valence-electron chi connectivity index (χ1n) is 8.26. The van der Waals surface area contributed by atoms with Gasteiger partial charge in [0.2, 0.25) is 5.91 Å². The van der Waals surface area contributed by atoms with Crippen LogP contribution in [-0.4, -0.2) is 31.5 Å². The number of aromatic carboxylic acids is 1. The third-order valence-corrected chi connectivity index (χ3v) is 6.53. The predicted molar refractivity (Wildman–Crippen MR) is 109 cm³/mol. The molecule has 0 aliphatic carbocycles. The fraction of sp³-hybridized carbons (Fsp3) is 0.167. The van der Waals surface area contributed by atoms with Crippen molar-refractivity contribution in [1.29, 1.82) is 0 Å². The maximum Gasteiger partial charge on any atom is 0.346 e. The number of amides is 1. The highest BCUT2D eigenvalue weighted by molar-refractivity contribution is 7.22. The van der Waals surface area contributed by atoms with E-state index in [9.17, 15) is 19.5 Å². The summed E-state index contributed by atoms with van der Waals surface area (Å²) in [5.41, 5.74) is 0.696. The molecule has 4 aromatic rings. The Morgan fingerprint density at radius 2 is 2.00 bits per heavy atom. The number of aryl methyl sites for hydroxylation is 1. The average Bonchev–Trinajstić information content (AvgIpc) is 3.22. The van der Waals surface area contributed by atoms with Crippen molar-refractivity contribution in [2.24, 2.45) is 0 Å². The summed E-state index contributed by atoms with van der Waals surface area (Å²) in [5, 5.41) is 12.7. The first-order valence-corrected chi connectivity index (χ1v) is 9.90. The number of benzene rings is 1. The van der Waals surface area contributed by atoms with Crippen molar-refractivity contribution in [2.75, 3.05) is 5.32 Å². The molecule has 0 radical (unpaired) electrons. The van der Waals surface area contributed by atoms with Crippen molar-refractivity contribution < 1.29 is 14.7 Å². The molecule has 142 valence electrons. The van der Waals surface area contributed by atoms with Crippen LogP contribution >= 0.6 is 22.7 Å². The molecule has 0 saturated carbocycles. The van der Waals surface area contributed by atoms with E-state index in [4.69, 9.17) is 0 Å². The molecular weight excluding hydrogens is 400 g/mol. The highest BCUT2D eigenvalue weighted by Crippen LogP contribution is 2.28. The van der Waals surface area contributed by atoms with Crippen LogP contribution in [0.2, 0.25) is 0 Å². The standard InChI is InChI=1S/C18H14N4O4S2/c1-8-12-15(28-13(8)17(25)26)19-7-22(16(12)24)9(2)14(23)21-18-20-10-5-3-4-6-11(10)27-18/h3-7,9H,1-2H3,(H,25,26)(H,20,21,23). The maximum absolute atomic E-state index is 12.9. The average molecular weight is 414 g/mol. The lowest BCUT2D eigenvalue weighted by atomic mass is 10.2. The van der Waals surface area contributed by atoms with E-state index in [0.717, 1.165) is 21.6 Å². The third-order valence-electron chi connectivity index (χ3n) is 4.39. The van der Waals surface area contributed by atoms with E-state index in [1.165, 1.54) is 22.2 Å². The number of para-hydroxylation sites is 1. The molecule has 0 aliphatic heterocycles. The summed E-state index contributed by atoms with van der Waals surface area (Å²) in [5.74, 6) is -1.51. The molecule has 0 spiro atoms. The van der Waals surface area contributed by atoms with E-state index < -0.39 is 23.5 Å². The van der Waals surface area contributed by atoms with Gasteiger partial charge in [-0.1, -0.05) is 23.5 Å². The zero-order valence-corrected chi connectivity index (χ0v) is 16.4. The summed E-state index contributed by atoms with van der Waals surface area (Å²) in [7, 11) is 0. The van der Waals surface area contributed by atoms with Gasteiger partial charge in [0.05, 0.1) is 21.9 Å². The number of thiazole rings is 1. The molecule has 8 nitrogen and oxygen atoms in total. The summed E-state index contributed by atoms with van der Waals surface area (Å²) in [6.45, 7) is 3.15. The number of anilines is 1. The summed E-state index contributed by atoms with van der Waals surface area (Å²) >= 11 is 2.29. The van der Waals surface area contributed by atoms with E-state index in [0.29, 0.717) is 15.5 Å². The highest BCUT2D eigenvalue weighted by Gasteiger charge is 2.23. The Labute approximate surface area is 166 Å². The number of carbonyl (C=O) groups excluding carboxylic acids is 1. The second-order valence-corrected chi connectivity index (χ2v) is 8.18. The van der Waals surface area contributed by atoms with Gasteiger partial charge in [0.25, 0.3) is 5.56 Å². The maximum atomic E-state index is 12.9. The zero-order valence-electron chi connectivity index (χ0n) is 14.8. The van der Waals surface area contributed by atoms with E-state index >= 15 is 0 Å². The van der Waals surface area contributed by atoms with Gasteiger partial charge in [0.1, 0.15) is 15.7 Å². The predicted octanol–water partition coefficient (Wildman–Crippen LogP) is 3.27. The largest absolute Gasteiger partial charge is 0.477 e. The van der Waals surface area contributed by atoms with Crippen molar-refractivity contribution >= 4 is 60.1 Å². The van der Waals surface area contributed by atoms with Gasteiger partial charge in [0, 0.05) is 0 Å². The van der Waals surface area contributed by atoms with Crippen LogP contribution in [0.3, 0.4) is 0 Å². The Bertz CT molecular complexity index is 1270. The lowest BCUT2D eigenvalue weighted by molar-refractivity contribution is -0.118. The second kappa shape index (κ2) is 6.80. The third kappa shape index (κ3) is 2.96. The first kappa shape index (κ1) is 18.3. The lowest BCUT2D eigenvalue weighted by Crippen LogP contribution is -2.31. The van der Waals surface area contributed by atoms with Crippen LogP contribution in [0.15, 0.2) is 35.4 Å². The molecule has 1 unspecified atom stereocenters. The van der Waals surface area contributed by atoms with E-state index in [2.05, 4.69) is 15.3 Å². The molecule has 0 aliphatic rings. The number of carbonyl (C=O) groups is 2. The number of fused-ring (bicyclic) bond motifs is 2. The van der Waals surface area contributed by atoms with Crippen LogP contribution < -0.4 is 10.9 Å². The number of hydrogen-bond acceptors (Lipinski definition) is 7. The Kier molecular flexibility index (Phi) is 4.44. The van der Waals surface area contributed by atoms with Crippen LogP contribution in [-0.2, 0) is 4.79 Å². The number of rotatable bonds is 4. The molecule has 1 amide bonds. The number of hydrogen-bond donors (Lipinski definition) is 2. The van der Waals surface area contributed by atoms with Crippen LogP contribution in [0.25, 0.3) is 20.4 Å². The van der Waals surface area contributed by atoms with Gasteiger partial charge in [-0.15, -0.1) is 11.3 Å². The molecule has 0 saturated heterocycles. The molecule has 0 fully saturated rings. The van der Waals surface area contributed by atoms with Gasteiger partial charge >= 0.3 is 5.97 Å². The Morgan fingerprint density at radius 3 is 2.71 bits per heavy atom. The fourth-order valence-electron chi connectivity index (χ4n) is 2.88. The van der Waals surface area contributed by atoms with E-state index in [1.54, 1.807) is 13.8 Å². The minimum atomic E-state index is -1.10. The molecule has 3 aromatic heterocycles. The van der Waals surface area contributed by atoms with Crippen LogP contribution in [0.5, 0.6) is 0 Å². The number of nitrogens with zero attached hydrogens (tertiary/aromatic N) is 3. The van der Waals surface area contributed by atoms with Crippen molar-refractivity contribution in [2.45, 2.75) is 19.9 Å². The summed E-state index contributed by atoms with van der Waals surface area (Å²) < 4.78 is 2.15. The van der Waals surface area contributed by atoms with E-state index in [-0.39, 0.29) is 10.3 Å². The summed E-state index contributed by atoms with van der Waals surface area (Å²) in [6.07, 6.45) is 1.27. The molecule has 2 N–H and O–H groups in total. The van der Waals surface area contributed by atoms with Crippen molar-refractivity contribution in [3.8, 4) is 0 Å². The summed E-state index contributed by atoms with van der Waals surface area (Å²) in [6, 6.07) is 6.68. The Hall–Kier alpha value is -3.11. The fourth-order valence-corrected chi connectivity index (χ4v) is 4.73. The van der Waals surface area contributed by atoms with Crippen LogP contribution in [0.1, 0.15) is 28.2 Å².